The molecule has 9 nitrogen and oxygen atoms in total. The van der Waals surface area contributed by atoms with E-state index < -0.39 is 5.97 Å². The number of esters is 1. The second-order valence-corrected chi connectivity index (χ2v) is 11.3. The highest BCUT2D eigenvalue weighted by Gasteiger charge is 2.35. The Kier molecular flexibility index (Phi) is 9.19. The molecule has 1 unspecified atom stereocenters. The molecule has 2 amide bonds. The van der Waals surface area contributed by atoms with Gasteiger partial charge >= 0.3 is 5.97 Å². The Bertz CT molecular complexity index is 1310. The molecule has 1 N–H and O–H groups in total. The van der Waals surface area contributed by atoms with Crippen molar-refractivity contribution in [3.8, 4) is 10.4 Å². The number of hydrogen-bond donors (Lipinski definition) is 1. The number of nitrogens with one attached hydrogen (secondary N) is 1. The molecule has 0 bridgehead atoms. The smallest absolute Gasteiger partial charge is 0.350 e. The second kappa shape index (κ2) is 12.6. The van der Waals surface area contributed by atoms with Crippen LogP contribution in [0.2, 0.25) is 0 Å². The summed E-state index contributed by atoms with van der Waals surface area (Å²) in [7, 11) is 4.75. The van der Waals surface area contributed by atoms with Crippen LogP contribution in [0.5, 0.6) is 0 Å². The van der Waals surface area contributed by atoms with Gasteiger partial charge in [0.05, 0.1) is 31.8 Å². The van der Waals surface area contributed by atoms with Crippen molar-refractivity contribution in [1.82, 2.24) is 9.55 Å². The van der Waals surface area contributed by atoms with E-state index in [4.69, 9.17) is 9.47 Å². The van der Waals surface area contributed by atoms with E-state index in [0.717, 1.165) is 36.1 Å². The first kappa shape index (κ1) is 28.5. The number of benzene rings is 1. The zero-order valence-corrected chi connectivity index (χ0v) is 23.9. The molecule has 1 saturated carbocycles. The van der Waals surface area contributed by atoms with Gasteiger partial charge in [0, 0.05) is 36.8 Å². The number of aryl methyl sites for hydroxylation is 1. The van der Waals surface area contributed by atoms with E-state index in [1.807, 2.05) is 25.1 Å². The van der Waals surface area contributed by atoms with E-state index in [2.05, 4.69) is 17.2 Å². The number of methoxy groups -OCH3 is 2. The fourth-order valence-electron chi connectivity index (χ4n) is 4.98. The highest BCUT2D eigenvalue weighted by molar-refractivity contribution is 7.18. The van der Waals surface area contributed by atoms with E-state index in [1.165, 1.54) is 18.4 Å². The summed E-state index contributed by atoms with van der Waals surface area (Å²) in [6.45, 7) is 4.50. The average Bonchev–Trinajstić information content (AvgIpc) is 3.56. The highest BCUT2D eigenvalue weighted by Crippen LogP contribution is 2.40. The number of rotatable bonds is 9. The first-order valence-corrected chi connectivity index (χ1v) is 14.0. The molecular formula is C29H36N4O5S. The van der Waals surface area contributed by atoms with Crippen molar-refractivity contribution in [2.45, 2.75) is 45.6 Å². The second-order valence-electron chi connectivity index (χ2n) is 10.2. The van der Waals surface area contributed by atoms with Gasteiger partial charge in [-0.25, -0.2) is 9.78 Å². The maximum absolute atomic E-state index is 13.9. The molecule has 39 heavy (non-hydrogen) atoms. The number of carbonyl (C=O) groups excluding carboxylic acids is 3. The third kappa shape index (κ3) is 6.57. The molecule has 0 saturated heterocycles. The predicted molar refractivity (Wildman–Crippen MR) is 152 cm³/mol. The molecule has 1 fully saturated rings. The molecule has 1 aliphatic carbocycles. The zero-order chi connectivity index (χ0) is 28.1. The molecule has 2 aromatic heterocycles. The lowest BCUT2D eigenvalue weighted by molar-refractivity contribution is -0.124. The Balaban J connectivity index is 1.64. The van der Waals surface area contributed by atoms with Crippen LogP contribution in [0.3, 0.4) is 0 Å². The Morgan fingerprint density at radius 2 is 1.85 bits per heavy atom. The van der Waals surface area contributed by atoms with Crippen molar-refractivity contribution < 1.29 is 23.9 Å². The number of carbonyl (C=O) groups is 3. The Morgan fingerprint density at radius 1 is 1.15 bits per heavy atom. The van der Waals surface area contributed by atoms with Crippen molar-refractivity contribution in [1.29, 1.82) is 0 Å². The number of ether oxygens (including phenoxy) is 2. The molecule has 4 rings (SSSR count). The monoisotopic (exact) mass is 552 g/mol. The van der Waals surface area contributed by atoms with Gasteiger partial charge < -0.3 is 24.3 Å². The van der Waals surface area contributed by atoms with Gasteiger partial charge in [0.2, 0.25) is 5.91 Å². The van der Waals surface area contributed by atoms with Crippen LogP contribution in [0.4, 0.5) is 11.4 Å². The topological polar surface area (TPSA) is 103 Å². The third-order valence-corrected chi connectivity index (χ3v) is 8.31. The fraction of sp³-hybridized carbons (Fsp3) is 0.448. The molecule has 2 heterocycles. The van der Waals surface area contributed by atoms with Crippen molar-refractivity contribution in [3.05, 3.63) is 53.4 Å². The van der Waals surface area contributed by atoms with Crippen LogP contribution in [-0.4, -0.2) is 54.2 Å². The van der Waals surface area contributed by atoms with Crippen molar-refractivity contribution in [2.24, 2.45) is 18.9 Å². The first-order valence-electron chi connectivity index (χ1n) is 13.2. The molecule has 0 aliphatic heterocycles. The summed E-state index contributed by atoms with van der Waals surface area (Å²) >= 11 is 1.28. The van der Waals surface area contributed by atoms with E-state index in [9.17, 15) is 14.4 Å². The van der Waals surface area contributed by atoms with Crippen LogP contribution in [0.25, 0.3) is 10.4 Å². The maximum atomic E-state index is 13.9. The van der Waals surface area contributed by atoms with E-state index in [1.54, 1.807) is 48.3 Å². The molecule has 0 radical (unpaired) electrons. The lowest BCUT2D eigenvalue weighted by Crippen LogP contribution is -2.45. The number of aromatic nitrogens is 2. The van der Waals surface area contributed by atoms with Crippen LogP contribution in [0, 0.1) is 11.8 Å². The van der Waals surface area contributed by atoms with Gasteiger partial charge in [0.25, 0.3) is 5.91 Å². The number of hydrogen-bond acceptors (Lipinski definition) is 7. The van der Waals surface area contributed by atoms with Crippen molar-refractivity contribution in [3.63, 3.8) is 0 Å². The van der Waals surface area contributed by atoms with Crippen LogP contribution in [-0.2, 0) is 21.3 Å². The SMILES string of the molecule is COCC(C)N(C(=O)C1CCC(C)CC1)c1cc(-c2ccc(NC(=O)c3cn(C)cn3)cc2)sc1C(=O)OC. The Hall–Kier alpha value is -3.50. The standard InChI is InChI=1S/C29H36N4O5S/c1-18-6-8-21(9-7-18)28(35)33(19(2)16-37-4)24-14-25(39-26(24)29(36)38-5)20-10-12-22(13-11-20)31-27(34)23-15-32(3)17-30-23/h10-15,17-19,21H,6-9,16H2,1-5H3,(H,31,34). The summed E-state index contributed by atoms with van der Waals surface area (Å²) in [6, 6.07) is 8.96. The zero-order valence-electron chi connectivity index (χ0n) is 23.1. The number of nitrogens with zero attached hydrogens (tertiary/aromatic N) is 3. The van der Waals surface area contributed by atoms with Gasteiger partial charge in [-0.1, -0.05) is 19.1 Å². The molecule has 208 valence electrons. The summed E-state index contributed by atoms with van der Waals surface area (Å²) in [4.78, 5) is 46.2. The maximum Gasteiger partial charge on any atom is 0.350 e. The van der Waals surface area contributed by atoms with Gasteiger partial charge in [0.15, 0.2) is 0 Å². The quantitative estimate of drug-likeness (QED) is 0.358. The van der Waals surface area contributed by atoms with Crippen LogP contribution >= 0.6 is 11.3 Å². The van der Waals surface area contributed by atoms with E-state index >= 15 is 0 Å². The van der Waals surface area contributed by atoms with Gasteiger partial charge in [-0.05, 0) is 62.3 Å². The molecule has 3 aromatic rings. The normalized spacial score (nSPS) is 17.9. The van der Waals surface area contributed by atoms with Crippen molar-refractivity contribution >= 4 is 40.5 Å². The minimum atomic E-state index is -0.486. The van der Waals surface area contributed by atoms with Crippen LogP contribution in [0.1, 0.15) is 59.7 Å². The van der Waals surface area contributed by atoms with Crippen LogP contribution < -0.4 is 10.2 Å². The van der Waals surface area contributed by atoms with Gasteiger partial charge in [-0.3, -0.25) is 9.59 Å². The average molecular weight is 553 g/mol. The summed E-state index contributed by atoms with van der Waals surface area (Å²) < 4.78 is 12.2. The van der Waals surface area contributed by atoms with E-state index in [0.29, 0.717) is 34.5 Å². The van der Waals surface area contributed by atoms with Gasteiger partial charge in [-0.2, -0.15) is 0 Å². The highest BCUT2D eigenvalue weighted by atomic mass is 32.1. The minimum absolute atomic E-state index is 0.0218. The Labute approximate surface area is 233 Å². The first-order chi connectivity index (χ1) is 18.7. The number of anilines is 2. The van der Waals surface area contributed by atoms with Gasteiger partial charge in [-0.15, -0.1) is 11.3 Å². The number of imidazole rings is 1. The molecule has 1 aliphatic rings. The third-order valence-electron chi connectivity index (χ3n) is 7.16. The molecule has 10 heteroatoms. The Morgan fingerprint density at radius 3 is 2.44 bits per heavy atom. The van der Waals surface area contributed by atoms with E-state index in [-0.39, 0.29) is 23.8 Å². The largest absolute Gasteiger partial charge is 0.465 e. The molecule has 1 atom stereocenters. The van der Waals surface area contributed by atoms with Gasteiger partial charge in [0.1, 0.15) is 10.6 Å². The molecule has 0 spiro atoms. The number of thiophene rings is 1. The summed E-state index contributed by atoms with van der Waals surface area (Å²) in [5.74, 6) is -0.229. The summed E-state index contributed by atoms with van der Waals surface area (Å²) in [6.07, 6.45) is 6.94. The number of amides is 2. The predicted octanol–water partition coefficient (Wildman–Crippen LogP) is 5.38. The van der Waals surface area contributed by atoms with Crippen LogP contribution in [0.15, 0.2) is 42.9 Å². The fourth-order valence-corrected chi connectivity index (χ4v) is 6.05. The lowest BCUT2D eigenvalue weighted by atomic mass is 9.82. The minimum Gasteiger partial charge on any atom is -0.465 e. The summed E-state index contributed by atoms with van der Waals surface area (Å²) in [5, 5.41) is 2.84. The lowest BCUT2D eigenvalue weighted by Gasteiger charge is -2.34. The molecular weight excluding hydrogens is 516 g/mol. The molecule has 1 aromatic carbocycles. The summed E-state index contributed by atoms with van der Waals surface area (Å²) in [5.41, 5.74) is 2.35. The van der Waals surface area contributed by atoms with Crippen molar-refractivity contribution in [2.75, 3.05) is 31.0 Å².